The quantitative estimate of drug-likeness (QED) is 0.0364. The van der Waals surface area contributed by atoms with Crippen molar-refractivity contribution in [2.75, 3.05) is 59.1 Å². The normalized spacial score (nSPS) is 37.2. The van der Waals surface area contributed by atoms with E-state index in [0.29, 0.717) is 18.7 Å². The molecule has 70 heavy (non-hydrogen) atoms. The van der Waals surface area contributed by atoms with E-state index in [1.807, 2.05) is 0 Å². The first-order chi connectivity index (χ1) is 33.5. The van der Waals surface area contributed by atoms with Crippen LogP contribution < -0.4 is 43.2 Å². The van der Waals surface area contributed by atoms with Crippen molar-refractivity contribution in [1.29, 1.82) is 0 Å². The van der Waals surface area contributed by atoms with Crippen molar-refractivity contribution < 1.29 is 93.4 Å². The molecule has 26 heteroatoms. The maximum Gasteiger partial charge on any atom is 0.251 e. The van der Waals surface area contributed by atoms with Gasteiger partial charge >= 0.3 is 0 Å². The molecule has 0 bridgehead atoms. The Hall–Kier alpha value is -2.88. The number of nitrogens with one attached hydrogen (secondary N) is 4. The molecule has 1 aromatic carbocycles. The highest BCUT2D eigenvalue weighted by Crippen LogP contribution is 2.35. The van der Waals surface area contributed by atoms with Gasteiger partial charge in [0, 0.05) is 12.1 Å². The van der Waals surface area contributed by atoms with Crippen molar-refractivity contribution in [1.82, 2.24) is 21.3 Å². The van der Waals surface area contributed by atoms with E-state index in [2.05, 4.69) is 21.3 Å². The second-order valence-electron chi connectivity index (χ2n) is 18.0. The van der Waals surface area contributed by atoms with Gasteiger partial charge in [0.25, 0.3) is 5.91 Å². The largest absolute Gasteiger partial charge is 0.462 e. The summed E-state index contributed by atoms with van der Waals surface area (Å²) >= 11 is 0. The molecule has 20 atom stereocenters. The van der Waals surface area contributed by atoms with Gasteiger partial charge in [0.15, 0.2) is 18.9 Å². The summed E-state index contributed by atoms with van der Waals surface area (Å²) in [5.74, 6) is -0.796. The van der Waals surface area contributed by atoms with E-state index in [9.17, 15) is 55.5 Å². The summed E-state index contributed by atoms with van der Waals surface area (Å²) in [4.78, 5) is 25.3. The molecule has 0 aromatic heterocycles. The van der Waals surface area contributed by atoms with Crippen LogP contribution in [0.15, 0.2) is 24.3 Å². The zero-order chi connectivity index (χ0) is 51.1. The minimum atomic E-state index is -2.02. The standard InChI is InChI=1S/C44H77N7O19/c1-21(46)39(61)51-29-31(56)28(47)22(2)63-41(29)68-36-26(19-53)66-42(33(58)32(36)57)70-38-30(55)25(18-52)65-44(35(38)60)69-37-27(20-54)67-43(34(37)59)64-24-10-8-23(9-11-24)40(62)50-17-7-16-49-15-6-5-14-48-13-4-3-12-45/h8-11,21-22,25-38,41-44,48-49,52-60H,3-7,12-20,45-47H2,1-2H3,(H,50,62)(H,51,61). The number of carbonyl (C=O) groups excluding carboxylic acids is 2. The van der Waals surface area contributed by atoms with Gasteiger partial charge in [-0.05, 0) is 103 Å². The van der Waals surface area contributed by atoms with Crippen molar-refractivity contribution in [3.8, 4) is 5.75 Å². The van der Waals surface area contributed by atoms with Crippen molar-refractivity contribution >= 4 is 11.8 Å². The van der Waals surface area contributed by atoms with Crippen LogP contribution in [0.25, 0.3) is 0 Å². The Morgan fingerprint density at radius 3 is 1.74 bits per heavy atom. The Morgan fingerprint density at radius 2 is 1.14 bits per heavy atom. The Balaban J connectivity index is 1.13. The summed E-state index contributed by atoms with van der Waals surface area (Å²) in [6, 6.07) is 2.72. The Kier molecular flexibility index (Phi) is 23.7. The minimum Gasteiger partial charge on any atom is -0.462 e. The van der Waals surface area contributed by atoms with E-state index in [1.165, 1.54) is 38.1 Å². The number of hydrogen-bond donors (Lipinski definition) is 16. The number of aliphatic hydroxyl groups is 9. The number of rotatable bonds is 27. The topological polar surface area (TPSA) is 416 Å². The summed E-state index contributed by atoms with van der Waals surface area (Å²) in [5, 5.41) is 110. The zero-order valence-corrected chi connectivity index (χ0v) is 39.6. The van der Waals surface area contributed by atoms with E-state index >= 15 is 0 Å². The van der Waals surface area contributed by atoms with E-state index in [4.69, 9.17) is 55.1 Å². The average molecular weight is 1010 g/mol. The fourth-order valence-electron chi connectivity index (χ4n) is 8.35. The van der Waals surface area contributed by atoms with Crippen LogP contribution in [0.4, 0.5) is 0 Å². The first-order valence-electron chi connectivity index (χ1n) is 24.0. The lowest BCUT2D eigenvalue weighted by Gasteiger charge is -2.49. The molecule has 0 radical (unpaired) electrons. The number of carbonyl (C=O) groups is 2. The van der Waals surface area contributed by atoms with Crippen LogP contribution in [-0.4, -0.2) is 239 Å². The molecule has 4 saturated heterocycles. The van der Waals surface area contributed by atoms with E-state index in [1.54, 1.807) is 0 Å². The summed E-state index contributed by atoms with van der Waals surface area (Å²) in [7, 11) is 0. The van der Waals surface area contributed by atoms with Crippen LogP contribution in [0.3, 0.4) is 0 Å². The first-order valence-corrected chi connectivity index (χ1v) is 24.0. The van der Waals surface area contributed by atoms with Crippen molar-refractivity contribution in [2.24, 2.45) is 17.2 Å². The molecule has 1 aromatic rings. The summed E-state index contributed by atoms with van der Waals surface area (Å²) < 4.78 is 46.5. The number of unbranched alkanes of at least 4 members (excludes halogenated alkanes) is 2. The van der Waals surface area contributed by atoms with E-state index in [-0.39, 0.29) is 11.7 Å². The molecule has 4 heterocycles. The monoisotopic (exact) mass is 1010 g/mol. The van der Waals surface area contributed by atoms with Crippen LogP contribution >= 0.6 is 0 Å². The fraction of sp³-hybridized carbons (Fsp3) is 0.818. The highest BCUT2D eigenvalue weighted by Gasteiger charge is 2.55. The number of amides is 2. The van der Waals surface area contributed by atoms with Gasteiger partial charge in [-0.25, -0.2) is 0 Å². The Bertz CT molecular complexity index is 1700. The highest BCUT2D eigenvalue weighted by atomic mass is 16.8. The SMILES string of the molecule is CC(N)C(=O)NC1C(OC2C(CO)OC(OC3C(O)C(CO)OC(OC4C(CO)OC(Oc5ccc(C(=O)NCCCNCCCCNCCCCN)cc5)C4O)C3O)C(O)C2O)OC(C)C(N)C1O. The van der Waals surface area contributed by atoms with E-state index < -0.39 is 148 Å². The molecule has 19 N–H and O–H groups in total. The maximum absolute atomic E-state index is 12.8. The summed E-state index contributed by atoms with van der Waals surface area (Å²) in [6.07, 6.45) is -22.5. The maximum atomic E-state index is 12.8. The summed E-state index contributed by atoms with van der Waals surface area (Å²) in [5.41, 5.74) is 17.6. The zero-order valence-electron chi connectivity index (χ0n) is 39.6. The summed E-state index contributed by atoms with van der Waals surface area (Å²) in [6.45, 7) is 5.26. The molecule has 4 aliphatic heterocycles. The lowest BCUT2D eigenvalue weighted by atomic mass is 9.94. The highest BCUT2D eigenvalue weighted by molar-refractivity contribution is 5.94. The lowest BCUT2D eigenvalue weighted by Crippen LogP contribution is -2.69. The van der Waals surface area contributed by atoms with Crippen LogP contribution in [0.1, 0.15) is 56.3 Å². The van der Waals surface area contributed by atoms with Crippen LogP contribution in [0, 0.1) is 0 Å². The van der Waals surface area contributed by atoms with Gasteiger partial charge in [0.2, 0.25) is 12.2 Å². The van der Waals surface area contributed by atoms with Gasteiger partial charge in [0.05, 0.1) is 44.1 Å². The van der Waals surface area contributed by atoms with E-state index in [0.717, 1.165) is 58.3 Å². The van der Waals surface area contributed by atoms with Crippen LogP contribution in [0.5, 0.6) is 5.75 Å². The van der Waals surface area contributed by atoms with Crippen molar-refractivity contribution in [2.45, 2.75) is 169 Å². The number of benzene rings is 1. The third-order valence-corrected chi connectivity index (χ3v) is 12.6. The van der Waals surface area contributed by atoms with Crippen LogP contribution in [0.2, 0.25) is 0 Å². The molecule has 4 aliphatic rings. The Morgan fingerprint density at radius 1 is 0.629 bits per heavy atom. The van der Waals surface area contributed by atoms with Gasteiger partial charge in [0.1, 0.15) is 78.9 Å². The molecule has 20 unspecified atom stereocenters. The average Bonchev–Trinajstić information content (AvgIpc) is 3.64. The molecule has 5 rings (SSSR count). The Labute approximate surface area is 406 Å². The number of ether oxygens (including phenoxy) is 8. The second-order valence-corrected chi connectivity index (χ2v) is 18.0. The van der Waals surface area contributed by atoms with Gasteiger partial charge in [-0.1, -0.05) is 0 Å². The second kappa shape index (κ2) is 28.5. The van der Waals surface area contributed by atoms with Crippen LogP contribution in [-0.2, 0) is 38.0 Å². The molecular weight excluding hydrogens is 931 g/mol. The molecule has 402 valence electrons. The van der Waals surface area contributed by atoms with Gasteiger partial charge in [-0.15, -0.1) is 0 Å². The number of nitrogens with two attached hydrogens (primary N) is 3. The fourth-order valence-corrected chi connectivity index (χ4v) is 8.35. The minimum absolute atomic E-state index is 0.191. The number of aliphatic hydroxyl groups excluding tert-OH is 9. The predicted molar refractivity (Wildman–Crippen MR) is 243 cm³/mol. The third kappa shape index (κ3) is 15.3. The van der Waals surface area contributed by atoms with Gasteiger partial charge < -0.3 is 122 Å². The molecule has 26 nitrogen and oxygen atoms in total. The van der Waals surface area contributed by atoms with Gasteiger partial charge in [-0.2, -0.15) is 0 Å². The van der Waals surface area contributed by atoms with Gasteiger partial charge in [-0.3, -0.25) is 9.59 Å². The van der Waals surface area contributed by atoms with Crippen molar-refractivity contribution in [3.63, 3.8) is 0 Å². The molecule has 0 saturated carbocycles. The molecular formula is C44H77N7O19. The molecule has 4 fully saturated rings. The molecule has 0 aliphatic carbocycles. The smallest absolute Gasteiger partial charge is 0.251 e. The third-order valence-electron chi connectivity index (χ3n) is 12.6. The molecule has 0 spiro atoms. The molecule has 2 amide bonds. The predicted octanol–water partition coefficient (Wildman–Crippen LogP) is -6.74. The van der Waals surface area contributed by atoms with Crippen molar-refractivity contribution in [3.05, 3.63) is 29.8 Å². The first kappa shape index (κ1) is 58.0. The lowest BCUT2D eigenvalue weighted by molar-refractivity contribution is -0.376. The number of hydrogen-bond acceptors (Lipinski definition) is 24.